The molecule has 0 aromatic heterocycles. The Morgan fingerprint density at radius 1 is 0.608 bits per heavy atom. The van der Waals surface area contributed by atoms with Gasteiger partial charge in [0, 0.05) is 55.9 Å². The molecule has 10 atom stereocenters. The van der Waals surface area contributed by atoms with Crippen molar-refractivity contribution in [3.63, 3.8) is 0 Å². The van der Waals surface area contributed by atoms with Gasteiger partial charge in [0.15, 0.2) is 0 Å². The minimum absolute atomic E-state index is 0.000301. The van der Waals surface area contributed by atoms with Crippen molar-refractivity contribution in [2.75, 3.05) is 88.7 Å². The molecule has 568 valence electrons. The molecule has 25 nitrogen and oxygen atoms in total. The Balaban J connectivity index is 1.17. The summed E-state index contributed by atoms with van der Waals surface area (Å²) in [7, 11) is 10.1. The normalized spacial score (nSPS) is 28.5. The van der Waals surface area contributed by atoms with Gasteiger partial charge in [0.2, 0.25) is 70.9 Å². The molecule has 0 radical (unpaired) electrons. The second kappa shape index (κ2) is 35.4. The average molecular weight is 1440 g/mol. The fourth-order valence-corrected chi connectivity index (χ4v) is 16.6. The number of ether oxygens (including phenoxy) is 1. The lowest BCUT2D eigenvalue weighted by Gasteiger charge is -2.44. The summed E-state index contributed by atoms with van der Waals surface area (Å²) in [5.41, 5.74) is -2.04. The molecule has 2 bridgehead atoms. The van der Waals surface area contributed by atoms with Crippen molar-refractivity contribution in [3.8, 4) is 0 Å². The lowest BCUT2D eigenvalue weighted by Crippen LogP contribution is -2.65. The van der Waals surface area contributed by atoms with Crippen LogP contribution in [0.25, 0.3) is 0 Å². The maximum Gasteiger partial charge on any atom is 0.416 e. The van der Waals surface area contributed by atoms with Gasteiger partial charge in [-0.05, 0) is 118 Å². The highest BCUT2D eigenvalue weighted by molar-refractivity contribution is 6.01. The monoisotopic (exact) mass is 1430 g/mol. The highest BCUT2D eigenvalue weighted by atomic mass is 19.4. The van der Waals surface area contributed by atoms with Gasteiger partial charge in [-0.1, -0.05) is 110 Å². The molecule has 28 heteroatoms. The summed E-state index contributed by atoms with van der Waals surface area (Å²) >= 11 is 0. The maximum absolute atomic E-state index is 16.0. The third kappa shape index (κ3) is 19.3. The lowest BCUT2D eigenvalue weighted by atomic mass is 9.81. The van der Waals surface area contributed by atoms with E-state index < -0.39 is 168 Å². The molecule has 4 saturated heterocycles. The summed E-state index contributed by atoms with van der Waals surface area (Å²) in [4.78, 5) is 192. The van der Waals surface area contributed by atoms with Crippen molar-refractivity contribution in [2.24, 2.45) is 23.7 Å². The molecular weight excluding hydrogens is 1320 g/mol. The van der Waals surface area contributed by atoms with Crippen molar-refractivity contribution >= 4 is 70.9 Å². The number of fused-ring (bicyclic) bond motifs is 3. The van der Waals surface area contributed by atoms with Gasteiger partial charge < -0.3 is 64.8 Å². The van der Waals surface area contributed by atoms with Crippen LogP contribution in [0, 0.1) is 23.7 Å². The van der Waals surface area contributed by atoms with Crippen LogP contribution in [-0.2, 0) is 74.9 Å². The number of halogens is 3. The quantitative estimate of drug-likeness (QED) is 0.259. The molecule has 7 aliphatic rings. The van der Waals surface area contributed by atoms with Crippen LogP contribution in [0.2, 0.25) is 0 Å². The number of carbonyl (C=O) groups is 12. The highest BCUT2D eigenvalue weighted by Gasteiger charge is 2.53. The van der Waals surface area contributed by atoms with Crippen LogP contribution < -0.4 is 16.0 Å². The van der Waals surface area contributed by atoms with E-state index in [9.17, 15) is 41.9 Å². The Morgan fingerprint density at radius 2 is 1.20 bits per heavy atom. The van der Waals surface area contributed by atoms with Crippen LogP contribution in [0.3, 0.4) is 0 Å². The van der Waals surface area contributed by atoms with E-state index in [0.29, 0.717) is 56.9 Å². The van der Waals surface area contributed by atoms with Gasteiger partial charge in [0.25, 0.3) is 0 Å². The first-order valence-corrected chi connectivity index (χ1v) is 37.3. The third-order valence-corrected chi connectivity index (χ3v) is 23.1. The number of rotatable bonds is 11. The Kier molecular flexibility index (Phi) is 27.9. The van der Waals surface area contributed by atoms with Crippen LogP contribution >= 0.6 is 0 Å². The average Bonchev–Trinajstić information content (AvgIpc) is 1.42. The SMILES string of the molecule is CC[C@H](C)[C@@H]1NC(=O)[C@H](CC(C)C)N(C)C(=O)C[C@@H](C(=O)N2C3CCC2COC3)N(C)C(=O)[C@H](C2CCCCC2)N(C)C(=O)C2(CCCC2)NC(=O)C2CCCN2C(=O)[C@H](CCc2ccc(C(F)(F)F)cc2)NC(=O)CN(C)C(=O)[C@H](CC2CCCCC2)N(C)C(=O)CN(C)C(=O)CN(C)C1=O. The molecule has 3 unspecified atom stereocenters. The van der Waals surface area contributed by atoms with E-state index in [1.165, 1.54) is 86.0 Å². The van der Waals surface area contributed by atoms with Crippen LogP contribution in [-0.4, -0.2) is 264 Å². The van der Waals surface area contributed by atoms with Gasteiger partial charge in [-0.15, -0.1) is 0 Å². The number of alkyl halides is 3. The zero-order valence-corrected chi connectivity index (χ0v) is 62.0. The van der Waals surface area contributed by atoms with Crippen LogP contribution in [0.15, 0.2) is 24.3 Å². The second-order valence-corrected chi connectivity index (χ2v) is 30.8. The molecule has 3 saturated carbocycles. The molecule has 3 aliphatic carbocycles. The number of likely N-dealkylation sites (N-methyl/N-ethyl adjacent to an activating group) is 7. The number of morpholine rings is 1. The largest absolute Gasteiger partial charge is 0.416 e. The van der Waals surface area contributed by atoms with Crippen LogP contribution in [0.4, 0.5) is 13.2 Å². The van der Waals surface area contributed by atoms with Gasteiger partial charge in [-0.3, -0.25) is 57.5 Å². The van der Waals surface area contributed by atoms with E-state index in [0.717, 1.165) is 78.2 Å². The van der Waals surface area contributed by atoms with Crippen molar-refractivity contribution in [1.82, 2.24) is 60.0 Å². The third-order valence-electron chi connectivity index (χ3n) is 23.1. The Bertz CT molecular complexity index is 3160. The number of nitrogens with one attached hydrogen (secondary N) is 3. The summed E-state index contributed by atoms with van der Waals surface area (Å²) in [6.07, 6.45) is 6.42. The molecule has 1 spiro atoms. The van der Waals surface area contributed by atoms with Crippen molar-refractivity contribution in [1.29, 1.82) is 0 Å². The molecule has 1 aromatic rings. The van der Waals surface area contributed by atoms with Crippen LogP contribution in [0.5, 0.6) is 0 Å². The number of amides is 12. The van der Waals surface area contributed by atoms with E-state index in [1.807, 2.05) is 20.8 Å². The molecule has 12 amide bonds. The van der Waals surface area contributed by atoms with E-state index in [-0.39, 0.29) is 88.6 Å². The topological polar surface area (TPSA) is 279 Å². The predicted molar refractivity (Wildman–Crippen MR) is 373 cm³/mol. The van der Waals surface area contributed by atoms with Gasteiger partial charge in [-0.25, -0.2) is 0 Å². The number of hydrogen-bond acceptors (Lipinski definition) is 13. The zero-order valence-electron chi connectivity index (χ0n) is 62.0. The minimum atomic E-state index is -4.62. The molecule has 8 rings (SSSR count). The van der Waals surface area contributed by atoms with Crippen LogP contribution in [0.1, 0.15) is 187 Å². The first kappa shape index (κ1) is 80.3. The molecule has 3 N–H and O–H groups in total. The Hall–Kier alpha value is -7.39. The fraction of sp³-hybridized carbons (Fsp3) is 0.757. The summed E-state index contributed by atoms with van der Waals surface area (Å²) in [5, 5.41) is 8.82. The Labute approximate surface area is 599 Å². The van der Waals surface area contributed by atoms with E-state index in [4.69, 9.17) is 4.74 Å². The molecule has 4 aliphatic heterocycles. The summed E-state index contributed by atoms with van der Waals surface area (Å²) in [5.74, 6) is -8.65. The number of carbonyl (C=O) groups excluding carboxylic acids is 12. The predicted octanol–water partition coefficient (Wildman–Crippen LogP) is 5.15. The highest BCUT2D eigenvalue weighted by Crippen LogP contribution is 2.38. The molecule has 102 heavy (non-hydrogen) atoms. The first-order chi connectivity index (χ1) is 48.3. The summed E-state index contributed by atoms with van der Waals surface area (Å²) in [6, 6.07) is -4.97. The van der Waals surface area contributed by atoms with Crippen molar-refractivity contribution in [3.05, 3.63) is 35.4 Å². The van der Waals surface area contributed by atoms with Gasteiger partial charge >= 0.3 is 6.18 Å². The van der Waals surface area contributed by atoms with Crippen molar-refractivity contribution in [2.45, 2.75) is 248 Å². The summed E-state index contributed by atoms with van der Waals surface area (Å²) < 4.78 is 47.1. The molecular formula is C74H113F3N12O13. The first-order valence-electron chi connectivity index (χ1n) is 37.3. The maximum atomic E-state index is 16.0. The van der Waals surface area contributed by atoms with E-state index in [2.05, 4.69) is 16.0 Å². The van der Waals surface area contributed by atoms with E-state index in [1.54, 1.807) is 11.8 Å². The fourth-order valence-electron chi connectivity index (χ4n) is 16.6. The van der Waals surface area contributed by atoms with Crippen molar-refractivity contribution < 1.29 is 75.4 Å². The lowest BCUT2D eigenvalue weighted by molar-refractivity contribution is -0.159. The molecule has 1 aromatic carbocycles. The zero-order chi connectivity index (χ0) is 74.7. The van der Waals surface area contributed by atoms with Gasteiger partial charge in [0.05, 0.1) is 56.9 Å². The second-order valence-electron chi connectivity index (χ2n) is 30.8. The minimum Gasteiger partial charge on any atom is -0.377 e. The summed E-state index contributed by atoms with van der Waals surface area (Å²) in [6.45, 7) is 6.26. The van der Waals surface area contributed by atoms with Gasteiger partial charge in [0.1, 0.15) is 47.8 Å². The molecule has 4 heterocycles. The van der Waals surface area contributed by atoms with Gasteiger partial charge in [-0.2, -0.15) is 13.2 Å². The Morgan fingerprint density at radius 3 is 1.79 bits per heavy atom. The number of nitrogens with zero attached hydrogens (tertiary/aromatic N) is 9. The smallest absolute Gasteiger partial charge is 0.377 e. The number of hydrogen-bond donors (Lipinski definition) is 3. The standard InChI is InChI=1S/C74H113F3N12O13/c1-12-47(4)63-70(99)83(7)42-61(92)81(5)43-62(93)85(9)57(39-49-22-15-13-16-23-49)68(97)82(6)41-59(90)78-54(34-29-48-27-30-51(31-28-48)74(75,76)77)67(96)88-37-21-26-55(88)66(95)80-73(35-19-20-36-73)72(101)87(11)64(50-24-17-14-18-25-50)71(100)86(10)58(69(98)89-52-32-33-53(89)45-102-44-52)40-60(91)84(8)56(38-46(2)3)65(94)79-63/h27-28,30-31,46-47,49-50,52-58,63-64H,12-26,29,32-45H2,1-11H3,(H,78,90)(H,79,94)(H,80,95)/t47-,52?,53?,54-,55?,56-,57-,58-,63-,64-/m0/s1. The van der Waals surface area contributed by atoms with E-state index >= 15 is 28.8 Å². The molecule has 7 fully saturated rings. The number of aryl methyl sites for hydroxylation is 1. The number of benzene rings is 1.